The number of alkyl halides is 2. The molecule has 0 heterocycles. The molecule has 0 saturated heterocycles. The summed E-state index contributed by atoms with van der Waals surface area (Å²) in [7, 11) is 0. The second-order valence-corrected chi connectivity index (χ2v) is 1.61. The van der Waals surface area contributed by atoms with Gasteiger partial charge in [0.15, 0.2) is 0 Å². The van der Waals surface area contributed by atoms with Gasteiger partial charge in [-0.25, -0.2) is 0 Å². The molecule has 0 aromatic carbocycles. The molecule has 37 valence electrons. The van der Waals surface area contributed by atoms with Crippen molar-refractivity contribution in [2.75, 3.05) is 11.8 Å². The van der Waals surface area contributed by atoms with Crippen molar-refractivity contribution < 1.29 is 0 Å². The minimum absolute atomic E-state index is 0.618. The lowest BCUT2D eigenvalue weighted by Gasteiger charge is -1.82. The predicted octanol–water partition coefficient (Wildman–Crippen LogP) is 2.06. The molecule has 0 atom stereocenters. The first-order valence-electron chi connectivity index (χ1n) is 1.85. The van der Waals surface area contributed by atoms with Crippen molar-refractivity contribution in [2.45, 2.75) is 6.42 Å². The van der Waals surface area contributed by atoms with Gasteiger partial charge in [0, 0.05) is 11.8 Å². The molecule has 0 aliphatic rings. The molecular formula is C4H7Cl2. The highest BCUT2D eigenvalue weighted by atomic mass is 35.5. The third-order valence-electron chi connectivity index (χ3n) is 0.422. The lowest BCUT2D eigenvalue weighted by Crippen LogP contribution is -1.76. The maximum absolute atomic E-state index is 5.29. The van der Waals surface area contributed by atoms with Gasteiger partial charge in [0.25, 0.3) is 0 Å². The third kappa shape index (κ3) is 4.58. The van der Waals surface area contributed by atoms with Crippen LogP contribution < -0.4 is 0 Å². The topological polar surface area (TPSA) is 0 Å². The highest BCUT2D eigenvalue weighted by Crippen LogP contribution is 1.90. The first-order valence-corrected chi connectivity index (χ1v) is 2.92. The van der Waals surface area contributed by atoms with Crippen LogP contribution >= 0.6 is 23.2 Å². The average Bonchev–Trinajstić information content (AvgIpc) is 1.61. The van der Waals surface area contributed by atoms with Crippen LogP contribution in [0.15, 0.2) is 0 Å². The molecule has 0 spiro atoms. The zero-order valence-electron chi connectivity index (χ0n) is 3.45. The molecule has 0 amide bonds. The molecule has 0 rings (SSSR count). The van der Waals surface area contributed by atoms with Crippen molar-refractivity contribution in [3.8, 4) is 0 Å². The fourth-order valence-electron chi connectivity index (χ4n) is 0.154. The maximum Gasteiger partial charge on any atom is 0.0255 e. The molecule has 0 fully saturated rings. The van der Waals surface area contributed by atoms with Crippen LogP contribution in [0.3, 0.4) is 0 Å². The second-order valence-electron chi connectivity index (χ2n) is 0.921. The van der Waals surface area contributed by atoms with Crippen LogP contribution in [0.4, 0.5) is 0 Å². The zero-order valence-corrected chi connectivity index (χ0v) is 4.97. The summed E-state index contributed by atoms with van der Waals surface area (Å²) in [6, 6.07) is 0. The Kier molecular flexibility index (Phi) is 6.12. The lowest BCUT2D eigenvalue weighted by molar-refractivity contribution is 1.11. The predicted molar refractivity (Wildman–Crippen MR) is 30.4 cm³/mol. The summed E-state index contributed by atoms with van der Waals surface area (Å²) in [5.74, 6) is 1.31. The number of unbranched alkanes of at least 4 members (excludes halogenated alkanes) is 1. The van der Waals surface area contributed by atoms with E-state index in [0.717, 1.165) is 6.42 Å². The van der Waals surface area contributed by atoms with E-state index in [0.29, 0.717) is 11.8 Å². The SMILES string of the molecule is ClC[CH]CCCl. The van der Waals surface area contributed by atoms with Gasteiger partial charge < -0.3 is 0 Å². The Morgan fingerprint density at radius 3 is 2.17 bits per heavy atom. The normalized spacial score (nSPS) is 9.00. The summed E-state index contributed by atoms with van der Waals surface area (Å²) in [6.07, 6.45) is 2.86. The minimum atomic E-state index is 0.618. The smallest absolute Gasteiger partial charge is 0.0255 e. The highest BCUT2D eigenvalue weighted by molar-refractivity contribution is 6.19. The molecule has 1 radical (unpaired) electrons. The average molecular weight is 126 g/mol. The molecule has 0 bridgehead atoms. The molecule has 0 aliphatic carbocycles. The summed E-state index contributed by atoms with van der Waals surface area (Å²) in [5.41, 5.74) is 0. The van der Waals surface area contributed by atoms with E-state index < -0.39 is 0 Å². The standard InChI is InChI=1S/C4H7Cl2/c5-3-1-2-4-6/h1H,2-4H2. The van der Waals surface area contributed by atoms with Crippen molar-refractivity contribution in [1.29, 1.82) is 0 Å². The van der Waals surface area contributed by atoms with E-state index in [2.05, 4.69) is 0 Å². The molecule has 0 aromatic rings. The molecule has 0 unspecified atom stereocenters. The van der Waals surface area contributed by atoms with Gasteiger partial charge in [0.1, 0.15) is 0 Å². The molecular weight excluding hydrogens is 119 g/mol. The summed E-state index contributed by atoms with van der Waals surface area (Å²) in [5, 5.41) is 0. The van der Waals surface area contributed by atoms with Gasteiger partial charge >= 0.3 is 0 Å². The van der Waals surface area contributed by atoms with E-state index in [9.17, 15) is 0 Å². The Bertz CT molecular complexity index is 17.5. The van der Waals surface area contributed by atoms with E-state index >= 15 is 0 Å². The molecule has 2 heteroatoms. The molecule has 0 nitrogen and oxygen atoms in total. The van der Waals surface area contributed by atoms with E-state index in [1.54, 1.807) is 0 Å². The van der Waals surface area contributed by atoms with Crippen LogP contribution in [-0.4, -0.2) is 11.8 Å². The fourth-order valence-corrected chi connectivity index (χ4v) is 0.463. The Morgan fingerprint density at radius 1 is 1.33 bits per heavy atom. The molecule has 6 heavy (non-hydrogen) atoms. The van der Waals surface area contributed by atoms with Gasteiger partial charge in [0.05, 0.1) is 0 Å². The van der Waals surface area contributed by atoms with Gasteiger partial charge in [-0.05, 0) is 12.8 Å². The Hall–Kier alpha value is 0.580. The quantitative estimate of drug-likeness (QED) is 0.401. The molecule has 0 saturated carbocycles. The number of halogens is 2. The highest BCUT2D eigenvalue weighted by Gasteiger charge is 1.78. The summed E-state index contributed by atoms with van der Waals surface area (Å²) in [6.45, 7) is 0. The van der Waals surface area contributed by atoms with Gasteiger partial charge in [-0.1, -0.05) is 0 Å². The van der Waals surface area contributed by atoms with E-state index in [1.807, 2.05) is 6.42 Å². The zero-order chi connectivity index (χ0) is 4.83. The van der Waals surface area contributed by atoms with E-state index in [4.69, 9.17) is 23.2 Å². The van der Waals surface area contributed by atoms with Crippen LogP contribution in [0, 0.1) is 6.42 Å². The number of hydrogen-bond donors (Lipinski definition) is 0. The van der Waals surface area contributed by atoms with Crippen molar-refractivity contribution in [3.63, 3.8) is 0 Å². The van der Waals surface area contributed by atoms with E-state index in [-0.39, 0.29) is 0 Å². The summed E-state index contributed by atoms with van der Waals surface area (Å²) in [4.78, 5) is 0. The first-order chi connectivity index (χ1) is 2.91. The third-order valence-corrected chi connectivity index (χ3v) is 0.859. The van der Waals surface area contributed by atoms with Crippen LogP contribution in [0.25, 0.3) is 0 Å². The first kappa shape index (κ1) is 6.58. The van der Waals surface area contributed by atoms with Crippen LogP contribution in [0.2, 0.25) is 0 Å². The van der Waals surface area contributed by atoms with E-state index in [1.165, 1.54) is 0 Å². The minimum Gasteiger partial charge on any atom is -0.127 e. The van der Waals surface area contributed by atoms with Gasteiger partial charge in [-0.3, -0.25) is 0 Å². The fraction of sp³-hybridized carbons (Fsp3) is 0.750. The largest absolute Gasteiger partial charge is 0.127 e. The second kappa shape index (κ2) is 5.58. The van der Waals surface area contributed by atoms with Crippen molar-refractivity contribution in [1.82, 2.24) is 0 Å². The van der Waals surface area contributed by atoms with Crippen molar-refractivity contribution in [2.24, 2.45) is 0 Å². The Morgan fingerprint density at radius 2 is 2.00 bits per heavy atom. The van der Waals surface area contributed by atoms with Gasteiger partial charge in [-0.2, -0.15) is 0 Å². The van der Waals surface area contributed by atoms with Gasteiger partial charge in [0.2, 0.25) is 0 Å². The van der Waals surface area contributed by atoms with Crippen LogP contribution in [0.1, 0.15) is 6.42 Å². The summed E-state index contributed by atoms with van der Waals surface area (Å²) < 4.78 is 0. The van der Waals surface area contributed by atoms with Crippen LogP contribution in [-0.2, 0) is 0 Å². The Labute approximate surface area is 48.4 Å². The Balaban J connectivity index is 2.34. The van der Waals surface area contributed by atoms with Crippen molar-refractivity contribution in [3.05, 3.63) is 6.42 Å². The molecule has 0 aliphatic heterocycles. The molecule has 0 N–H and O–H groups in total. The van der Waals surface area contributed by atoms with Crippen LogP contribution in [0.5, 0.6) is 0 Å². The lowest BCUT2D eigenvalue weighted by atomic mass is 10.4. The maximum atomic E-state index is 5.29. The number of hydrogen-bond acceptors (Lipinski definition) is 0. The summed E-state index contributed by atoms with van der Waals surface area (Å²) >= 11 is 10.6. The monoisotopic (exact) mass is 125 g/mol. The van der Waals surface area contributed by atoms with Crippen molar-refractivity contribution >= 4 is 23.2 Å². The number of rotatable bonds is 3. The molecule has 0 aromatic heterocycles. The van der Waals surface area contributed by atoms with Gasteiger partial charge in [-0.15, -0.1) is 23.2 Å².